The lowest BCUT2D eigenvalue weighted by atomic mass is 9.91. The van der Waals surface area contributed by atoms with Crippen molar-refractivity contribution in [2.24, 2.45) is 0 Å². The van der Waals surface area contributed by atoms with Gasteiger partial charge >= 0.3 is 6.09 Å². The molecule has 1 aromatic heterocycles. The maximum Gasteiger partial charge on any atom is 0.409 e. The van der Waals surface area contributed by atoms with Gasteiger partial charge in [0, 0.05) is 30.1 Å². The van der Waals surface area contributed by atoms with E-state index < -0.39 is 41.2 Å². The van der Waals surface area contributed by atoms with Gasteiger partial charge in [0.1, 0.15) is 11.4 Å². The van der Waals surface area contributed by atoms with Gasteiger partial charge in [0.15, 0.2) is 5.82 Å². The van der Waals surface area contributed by atoms with Crippen LogP contribution in [0.25, 0.3) is 16.7 Å². The summed E-state index contributed by atoms with van der Waals surface area (Å²) in [5.74, 6) is -2.88. The number of carboxylic acid groups (broad SMARTS) is 1. The van der Waals surface area contributed by atoms with E-state index in [1.807, 2.05) is 0 Å². The zero-order valence-electron chi connectivity index (χ0n) is 22.5. The van der Waals surface area contributed by atoms with Crippen LogP contribution in [0.2, 0.25) is 5.02 Å². The molecule has 3 aromatic rings. The largest absolute Gasteiger partial charge is 0.465 e. The lowest BCUT2D eigenvalue weighted by molar-refractivity contribution is -0.133. The lowest BCUT2D eigenvalue weighted by Crippen LogP contribution is -2.41. The first-order valence-corrected chi connectivity index (χ1v) is 13.6. The molecule has 1 unspecified atom stereocenters. The molecule has 2 aromatic carbocycles. The number of pyridine rings is 1. The van der Waals surface area contributed by atoms with Crippen LogP contribution in [0, 0.1) is 11.6 Å². The minimum absolute atomic E-state index is 0.0550. The number of aromatic nitrogens is 1. The number of amides is 3. The molecule has 2 atom stereocenters. The van der Waals surface area contributed by atoms with E-state index in [1.165, 1.54) is 25.1 Å². The molecule has 42 heavy (non-hydrogen) atoms. The average molecular weight is 597 g/mol. The van der Waals surface area contributed by atoms with Crippen LogP contribution in [0.3, 0.4) is 0 Å². The van der Waals surface area contributed by atoms with E-state index in [1.54, 1.807) is 29.3 Å². The summed E-state index contributed by atoms with van der Waals surface area (Å²) in [6.45, 7) is 1.53. The predicted molar refractivity (Wildman–Crippen MR) is 153 cm³/mol. The van der Waals surface area contributed by atoms with Gasteiger partial charge < -0.3 is 20.4 Å². The number of anilines is 2. The first-order chi connectivity index (χ1) is 19.9. The molecule has 2 aliphatic heterocycles. The number of halogens is 3. The van der Waals surface area contributed by atoms with Gasteiger partial charge in [0.05, 0.1) is 28.0 Å². The molecule has 0 spiro atoms. The van der Waals surface area contributed by atoms with Crippen molar-refractivity contribution in [3.8, 4) is 11.1 Å². The fourth-order valence-electron chi connectivity index (χ4n) is 5.36. The monoisotopic (exact) mass is 596 g/mol. The van der Waals surface area contributed by atoms with E-state index in [2.05, 4.69) is 15.6 Å². The number of hydrogen-bond acceptors (Lipinski definition) is 5. The Hall–Kier alpha value is -4.35. The summed E-state index contributed by atoms with van der Waals surface area (Å²) in [4.78, 5) is 43.8. The minimum atomic E-state index is -1.78. The normalized spacial score (nSPS) is 20.9. The molecule has 4 N–H and O–H groups in total. The Kier molecular flexibility index (Phi) is 7.98. The summed E-state index contributed by atoms with van der Waals surface area (Å²) in [5.41, 5.74) is 0.292. The zero-order chi connectivity index (χ0) is 30.2. The molecule has 2 bridgehead atoms. The van der Waals surface area contributed by atoms with Crippen molar-refractivity contribution in [1.82, 2.24) is 9.88 Å². The molecule has 0 fully saturated rings. The quantitative estimate of drug-likeness (QED) is 0.274. The number of aliphatic hydroxyl groups is 1. The van der Waals surface area contributed by atoms with Crippen molar-refractivity contribution in [1.29, 1.82) is 0 Å². The topological polar surface area (TPSA) is 132 Å². The fraction of sp³-hybridized carbons (Fsp3) is 0.267. The zero-order valence-corrected chi connectivity index (χ0v) is 23.2. The second-order valence-corrected chi connectivity index (χ2v) is 10.9. The van der Waals surface area contributed by atoms with E-state index in [4.69, 9.17) is 16.7 Å². The summed E-state index contributed by atoms with van der Waals surface area (Å²) >= 11 is 5.87. The Morgan fingerprint density at radius 1 is 1.19 bits per heavy atom. The van der Waals surface area contributed by atoms with Crippen molar-refractivity contribution in [2.45, 2.75) is 44.2 Å². The fourth-order valence-corrected chi connectivity index (χ4v) is 5.51. The minimum Gasteiger partial charge on any atom is -0.465 e. The molecule has 218 valence electrons. The first kappa shape index (κ1) is 29.2. The summed E-state index contributed by atoms with van der Waals surface area (Å²) in [5, 5.41) is 24.9. The van der Waals surface area contributed by atoms with E-state index in [0.717, 1.165) is 12.1 Å². The lowest BCUT2D eigenvalue weighted by Gasteiger charge is -2.35. The molecule has 12 heteroatoms. The molecule has 3 amide bonds. The highest BCUT2D eigenvalue weighted by atomic mass is 35.5. The molecule has 0 aliphatic carbocycles. The third-order valence-electron chi connectivity index (χ3n) is 7.53. The Bertz CT molecular complexity index is 1630. The Morgan fingerprint density at radius 2 is 1.98 bits per heavy atom. The summed E-state index contributed by atoms with van der Waals surface area (Å²) in [6, 6.07) is 9.71. The van der Waals surface area contributed by atoms with Crippen molar-refractivity contribution in [2.75, 3.05) is 17.2 Å². The number of nitrogens with one attached hydrogen (secondary N) is 2. The molecule has 5 rings (SSSR count). The van der Waals surface area contributed by atoms with E-state index >= 15 is 0 Å². The van der Waals surface area contributed by atoms with Gasteiger partial charge in [0.2, 0.25) is 5.91 Å². The van der Waals surface area contributed by atoms with Gasteiger partial charge in [-0.25, -0.2) is 13.6 Å². The molecule has 0 saturated carbocycles. The standard InChI is InChI=1S/C30H27ClF2N4O5/c1-30(42)10-2-3-24(37-12-9-17(14-25(37)38)26-21(32)7-6-20(31)27(26)33)23-13-16(8-11-34-23)19-5-4-18(35-29(40)41)15-22(19)36-28(30)39/h4-8,11,13-15,24,35,42H,2-3,9-10,12H2,1H3,(H,36,39)(H,40,41)/t24-,30?/m0/s1. The molecular formula is C30H27ClF2N4O5. The van der Waals surface area contributed by atoms with Crippen molar-refractivity contribution >= 4 is 46.5 Å². The molecule has 0 saturated heterocycles. The Labute approximate surface area is 244 Å². The van der Waals surface area contributed by atoms with Crippen LogP contribution in [0.15, 0.2) is 54.7 Å². The predicted octanol–water partition coefficient (Wildman–Crippen LogP) is 6.00. The van der Waals surface area contributed by atoms with Gasteiger partial charge in [0.25, 0.3) is 5.91 Å². The number of carbonyl (C=O) groups excluding carboxylic acids is 2. The van der Waals surface area contributed by atoms with Crippen LogP contribution in [0.1, 0.15) is 49.9 Å². The third kappa shape index (κ3) is 5.83. The molecule has 3 heterocycles. The number of fused-ring (bicyclic) bond motifs is 4. The Morgan fingerprint density at radius 3 is 2.71 bits per heavy atom. The Balaban J connectivity index is 1.55. The van der Waals surface area contributed by atoms with Gasteiger partial charge in [-0.1, -0.05) is 17.7 Å². The number of nitrogens with zero attached hydrogens (tertiary/aromatic N) is 2. The van der Waals surface area contributed by atoms with E-state index in [9.17, 15) is 28.3 Å². The van der Waals surface area contributed by atoms with Crippen LogP contribution >= 0.6 is 11.6 Å². The maximum absolute atomic E-state index is 14.7. The third-order valence-corrected chi connectivity index (χ3v) is 7.82. The molecule has 0 radical (unpaired) electrons. The van der Waals surface area contributed by atoms with Gasteiger partial charge in [-0.05, 0) is 80.1 Å². The summed E-state index contributed by atoms with van der Waals surface area (Å²) in [7, 11) is 0. The van der Waals surface area contributed by atoms with Crippen molar-refractivity contribution in [3.63, 3.8) is 0 Å². The number of hydrogen-bond donors (Lipinski definition) is 4. The van der Waals surface area contributed by atoms with E-state index in [0.29, 0.717) is 29.7 Å². The molecule has 9 nitrogen and oxygen atoms in total. The molecule has 2 aliphatic rings. The highest BCUT2D eigenvalue weighted by Crippen LogP contribution is 2.38. The summed E-state index contributed by atoms with van der Waals surface area (Å²) < 4.78 is 29.2. The maximum atomic E-state index is 14.7. The smallest absolute Gasteiger partial charge is 0.409 e. The van der Waals surface area contributed by atoms with Crippen LogP contribution in [0.5, 0.6) is 0 Å². The SMILES string of the molecule is CC1(O)CCC[C@H](N2CCC(c3c(F)ccc(Cl)c3F)=CC2=O)c2cc(ccn2)-c2ccc(NC(=O)O)cc2NC1=O. The van der Waals surface area contributed by atoms with Crippen LogP contribution in [-0.2, 0) is 9.59 Å². The van der Waals surface area contributed by atoms with Crippen LogP contribution in [-0.4, -0.2) is 50.2 Å². The second-order valence-electron chi connectivity index (χ2n) is 10.5. The highest BCUT2D eigenvalue weighted by molar-refractivity contribution is 6.31. The van der Waals surface area contributed by atoms with Gasteiger partial charge in [-0.15, -0.1) is 0 Å². The van der Waals surface area contributed by atoms with Gasteiger partial charge in [-0.2, -0.15) is 0 Å². The molecular weight excluding hydrogens is 570 g/mol. The summed E-state index contributed by atoms with van der Waals surface area (Å²) in [6.07, 6.45) is 2.40. The number of carbonyl (C=O) groups is 3. The second kappa shape index (κ2) is 11.5. The van der Waals surface area contributed by atoms with E-state index in [-0.39, 0.29) is 46.9 Å². The van der Waals surface area contributed by atoms with Crippen molar-refractivity contribution < 1.29 is 33.4 Å². The first-order valence-electron chi connectivity index (χ1n) is 13.2. The highest BCUT2D eigenvalue weighted by Gasteiger charge is 2.34. The number of benzene rings is 2. The van der Waals surface area contributed by atoms with Gasteiger partial charge in [-0.3, -0.25) is 19.9 Å². The van der Waals surface area contributed by atoms with Crippen LogP contribution in [0.4, 0.5) is 25.0 Å². The van der Waals surface area contributed by atoms with Crippen molar-refractivity contribution in [3.05, 3.63) is 82.7 Å². The van der Waals surface area contributed by atoms with Crippen LogP contribution < -0.4 is 10.6 Å². The average Bonchev–Trinajstić information content (AvgIpc) is 2.93. The number of rotatable bonds is 3.